The van der Waals surface area contributed by atoms with E-state index in [1.54, 1.807) is 4.90 Å². The second kappa shape index (κ2) is 6.93. The molecular weight excluding hydrogens is 362 g/mol. The topological polar surface area (TPSA) is 60.8 Å². The second-order valence-electron chi connectivity index (χ2n) is 7.75. The number of rotatable bonds is 3. The highest BCUT2D eigenvalue weighted by Gasteiger charge is 2.51. The number of hydrogen-bond donors (Lipinski definition) is 2. The van der Waals surface area contributed by atoms with E-state index in [1.807, 2.05) is 54.6 Å². The van der Waals surface area contributed by atoms with Gasteiger partial charge in [-0.05, 0) is 36.1 Å². The van der Waals surface area contributed by atoms with Gasteiger partial charge in [0.25, 0.3) is 0 Å². The van der Waals surface area contributed by atoms with E-state index in [0.717, 1.165) is 24.8 Å². The van der Waals surface area contributed by atoms with Crippen LogP contribution in [0.25, 0.3) is 0 Å². The SMILES string of the molecule is O=C(N1CC[C@](O)(c2ccccc2)[C@@H](O)C1)C1(c2ccc(Cl)cc2)CCC1. The molecule has 2 atom stereocenters. The summed E-state index contributed by atoms with van der Waals surface area (Å²) in [5.41, 5.74) is -0.153. The summed E-state index contributed by atoms with van der Waals surface area (Å²) in [5, 5.41) is 22.4. The second-order valence-corrected chi connectivity index (χ2v) is 8.19. The average molecular weight is 386 g/mol. The van der Waals surface area contributed by atoms with Crippen molar-refractivity contribution in [2.45, 2.75) is 42.8 Å². The third-order valence-electron chi connectivity index (χ3n) is 6.28. The third-order valence-corrected chi connectivity index (χ3v) is 6.53. The number of nitrogens with zero attached hydrogens (tertiary/aromatic N) is 1. The molecule has 1 saturated carbocycles. The lowest BCUT2D eigenvalue weighted by Gasteiger charge is -2.48. The Labute approximate surface area is 164 Å². The van der Waals surface area contributed by atoms with Gasteiger partial charge in [0.2, 0.25) is 5.91 Å². The van der Waals surface area contributed by atoms with Gasteiger partial charge in [0.05, 0.1) is 5.41 Å². The zero-order valence-corrected chi connectivity index (χ0v) is 15.9. The predicted octanol–water partition coefficient (Wildman–Crippen LogP) is 3.24. The molecule has 1 aliphatic heterocycles. The smallest absolute Gasteiger partial charge is 0.233 e. The van der Waals surface area contributed by atoms with Crippen molar-refractivity contribution in [2.24, 2.45) is 0 Å². The summed E-state index contributed by atoms with van der Waals surface area (Å²) in [6.07, 6.45) is 1.94. The molecule has 2 N–H and O–H groups in total. The number of hydrogen-bond acceptors (Lipinski definition) is 3. The number of carbonyl (C=O) groups is 1. The van der Waals surface area contributed by atoms with Gasteiger partial charge in [-0.3, -0.25) is 4.79 Å². The standard InChI is InChI=1S/C22H24ClNO3/c23-18-9-7-16(8-10-18)21(11-4-12-21)20(26)24-14-13-22(27,19(25)15-24)17-5-2-1-3-6-17/h1-3,5-10,19,25,27H,4,11-15H2/t19-,22-/m0/s1. The summed E-state index contributed by atoms with van der Waals surface area (Å²) in [5.74, 6) is 0.0465. The molecule has 4 nitrogen and oxygen atoms in total. The van der Waals surface area contributed by atoms with Crippen molar-refractivity contribution in [1.82, 2.24) is 4.90 Å². The largest absolute Gasteiger partial charge is 0.388 e. The number of aliphatic hydroxyl groups excluding tert-OH is 1. The molecule has 2 aromatic carbocycles. The van der Waals surface area contributed by atoms with Gasteiger partial charge >= 0.3 is 0 Å². The van der Waals surface area contributed by atoms with Crippen LogP contribution in [0.2, 0.25) is 5.02 Å². The summed E-state index contributed by atoms with van der Waals surface area (Å²) >= 11 is 6.00. The highest BCUT2D eigenvalue weighted by Crippen LogP contribution is 2.46. The Morgan fingerprint density at radius 3 is 2.22 bits per heavy atom. The van der Waals surface area contributed by atoms with Gasteiger partial charge in [-0.2, -0.15) is 0 Å². The molecule has 0 aromatic heterocycles. The van der Waals surface area contributed by atoms with Crippen molar-refractivity contribution in [3.63, 3.8) is 0 Å². The minimum atomic E-state index is -1.31. The molecule has 2 aliphatic rings. The monoisotopic (exact) mass is 385 g/mol. The molecule has 0 bridgehead atoms. The van der Waals surface area contributed by atoms with Crippen molar-refractivity contribution in [2.75, 3.05) is 13.1 Å². The average Bonchev–Trinajstić information content (AvgIpc) is 2.65. The van der Waals surface area contributed by atoms with Crippen molar-refractivity contribution >= 4 is 17.5 Å². The first-order chi connectivity index (χ1) is 13.0. The molecule has 1 amide bonds. The Kier molecular flexibility index (Phi) is 4.75. The Morgan fingerprint density at radius 1 is 1.00 bits per heavy atom. The van der Waals surface area contributed by atoms with Gasteiger partial charge < -0.3 is 15.1 Å². The van der Waals surface area contributed by atoms with Crippen LogP contribution in [0.15, 0.2) is 54.6 Å². The number of piperidine rings is 1. The van der Waals surface area contributed by atoms with Gasteiger partial charge in [-0.25, -0.2) is 0 Å². The molecule has 5 heteroatoms. The Hall–Kier alpha value is -1.88. The van der Waals surface area contributed by atoms with Gasteiger partial charge in [0, 0.05) is 24.5 Å². The number of amides is 1. The maximum atomic E-state index is 13.4. The van der Waals surface area contributed by atoms with Gasteiger partial charge in [-0.1, -0.05) is 60.5 Å². The van der Waals surface area contributed by atoms with E-state index >= 15 is 0 Å². The van der Waals surface area contributed by atoms with E-state index in [2.05, 4.69) is 0 Å². The zero-order valence-electron chi connectivity index (χ0n) is 15.1. The number of halogens is 1. The van der Waals surface area contributed by atoms with Crippen molar-refractivity contribution in [3.05, 3.63) is 70.7 Å². The minimum absolute atomic E-state index is 0.0465. The molecule has 0 spiro atoms. The zero-order chi connectivity index (χ0) is 19.1. The summed E-state index contributed by atoms with van der Waals surface area (Å²) < 4.78 is 0. The number of benzene rings is 2. The minimum Gasteiger partial charge on any atom is -0.388 e. The number of β-amino-alcohol motifs (C(OH)–C–C–N with tert-alkyl or cyclic N) is 1. The predicted molar refractivity (Wildman–Crippen MR) is 105 cm³/mol. The van der Waals surface area contributed by atoms with Crippen LogP contribution < -0.4 is 0 Å². The highest BCUT2D eigenvalue weighted by atomic mass is 35.5. The lowest BCUT2D eigenvalue weighted by molar-refractivity contribution is -0.159. The van der Waals surface area contributed by atoms with E-state index in [0.29, 0.717) is 23.6 Å². The molecular formula is C22H24ClNO3. The Morgan fingerprint density at radius 2 is 1.67 bits per heavy atom. The summed E-state index contributed by atoms with van der Waals surface area (Å²) in [6.45, 7) is 0.566. The van der Waals surface area contributed by atoms with Crippen LogP contribution in [0.4, 0.5) is 0 Å². The highest BCUT2D eigenvalue weighted by molar-refractivity contribution is 6.30. The van der Waals surface area contributed by atoms with Crippen LogP contribution in [-0.2, 0) is 15.8 Å². The fourth-order valence-corrected chi connectivity index (χ4v) is 4.52. The molecule has 2 aromatic rings. The fraction of sp³-hybridized carbons (Fsp3) is 0.409. The summed E-state index contributed by atoms with van der Waals surface area (Å²) in [7, 11) is 0. The molecule has 0 unspecified atom stereocenters. The first-order valence-corrected chi connectivity index (χ1v) is 9.85. The van der Waals surface area contributed by atoms with Crippen LogP contribution in [0, 0.1) is 0 Å². The number of likely N-dealkylation sites (tertiary alicyclic amines) is 1. The Balaban J connectivity index is 1.55. The van der Waals surface area contributed by atoms with Crippen LogP contribution in [0.5, 0.6) is 0 Å². The fourth-order valence-electron chi connectivity index (χ4n) is 4.40. The lowest BCUT2D eigenvalue weighted by atomic mass is 9.63. The van der Waals surface area contributed by atoms with E-state index < -0.39 is 17.1 Å². The first kappa shape index (κ1) is 18.5. The van der Waals surface area contributed by atoms with E-state index in [4.69, 9.17) is 11.6 Å². The van der Waals surface area contributed by atoms with E-state index in [-0.39, 0.29) is 12.5 Å². The van der Waals surface area contributed by atoms with Gasteiger partial charge in [0.1, 0.15) is 11.7 Å². The van der Waals surface area contributed by atoms with E-state index in [1.165, 1.54) is 0 Å². The number of carbonyl (C=O) groups excluding carboxylic acids is 1. The quantitative estimate of drug-likeness (QED) is 0.852. The summed E-state index contributed by atoms with van der Waals surface area (Å²) in [6, 6.07) is 16.7. The normalized spacial score (nSPS) is 27.1. The molecule has 2 fully saturated rings. The van der Waals surface area contributed by atoms with Crippen LogP contribution >= 0.6 is 11.6 Å². The lowest BCUT2D eigenvalue weighted by Crippen LogP contribution is -2.59. The van der Waals surface area contributed by atoms with E-state index in [9.17, 15) is 15.0 Å². The van der Waals surface area contributed by atoms with Crippen molar-refractivity contribution in [1.29, 1.82) is 0 Å². The van der Waals surface area contributed by atoms with Crippen LogP contribution in [-0.4, -0.2) is 40.2 Å². The molecule has 142 valence electrons. The number of aliphatic hydroxyl groups is 2. The van der Waals surface area contributed by atoms with Crippen LogP contribution in [0.1, 0.15) is 36.8 Å². The van der Waals surface area contributed by atoms with Crippen LogP contribution in [0.3, 0.4) is 0 Å². The molecule has 1 heterocycles. The van der Waals surface area contributed by atoms with Gasteiger partial charge in [0.15, 0.2) is 0 Å². The van der Waals surface area contributed by atoms with Crippen molar-refractivity contribution < 1.29 is 15.0 Å². The van der Waals surface area contributed by atoms with Crippen molar-refractivity contribution in [3.8, 4) is 0 Å². The molecule has 4 rings (SSSR count). The molecule has 27 heavy (non-hydrogen) atoms. The Bertz CT molecular complexity index is 819. The first-order valence-electron chi connectivity index (χ1n) is 9.47. The molecule has 1 aliphatic carbocycles. The maximum Gasteiger partial charge on any atom is 0.233 e. The molecule has 0 radical (unpaired) electrons. The maximum absolute atomic E-state index is 13.4. The third kappa shape index (κ3) is 3.06. The van der Waals surface area contributed by atoms with Gasteiger partial charge in [-0.15, -0.1) is 0 Å². The molecule has 1 saturated heterocycles. The summed E-state index contributed by atoms with van der Waals surface area (Å²) in [4.78, 5) is 15.1.